The number of aliphatic carboxylic acids is 1. The summed E-state index contributed by atoms with van der Waals surface area (Å²) in [4.78, 5) is 18.4. The molecular formula is C30H40N2O2. The molecule has 0 unspecified atom stereocenters. The molecule has 0 aliphatic rings. The first kappa shape index (κ1) is 25.7. The number of unbranched alkanes of at least 4 members (excludes halogenated alkanes) is 5. The fraction of sp³-hybridized carbons (Fsp3) is 0.467. The van der Waals surface area contributed by atoms with Crippen molar-refractivity contribution in [3.05, 3.63) is 59.7 Å². The van der Waals surface area contributed by atoms with Crippen LogP contribution in [0.4, 0.5) is 5.82 Å². The Kier molecular flexibility index (Phi) is 9.50. The zero-order valence-corrected chi connectivity index (χ0v) is 21.3. The Hall–Kier alpha value is -2.88. The summed E-state index contributed by atoms with van der Waals surface area (Å²) < 4.78 is 0. The van der Waals surface area contributed by atoms with Crippen LogP contribution in [0.3, 0.4) is 0 Å². The van der Waals surface area contributed by atoms with Gasteiger partial charge in [0.05, 0.1) is 5.52 Å². The van der Waals surface area contributed by atoms with Crippen molar-refractivity contribution < 1.29 is 9.90 Å². The highest BCUT2D eigenvalue weighted by Crippen LogP contribution is 2.33. The summed E-state index contributed by atoms with van der Waals surface area (Å²) in [6.45, 7) is 9.14. The normalized spacial score (nSPS) is 11.3. The maximum atomic E-state index is 11.6. The molecule has 182 valence electrons. The number of benzene rings is 2. The Morgan fingerprint density at radius 1 is 0.971 bits per heavy atom. The predicted octanol–water partition coefficient (Wildman–Crippen LogP) is 7.66. The summed E-state index contributed by atoms with van der Waals surface area (Å²) in [6.07, 6.45) is 8.83. The number of anilines is 1. The lowest BCUT2D eigenvalue weighted by atomic mass is 9.97. The third-order valence-corrected chi connectivity index (χ3v) is 6.28. The van der Waals surface area contributed by atoms with Gasteiger partial charge in [0.2, 0.25) is 0 Å². The minimum Gasteiger partial charge on any atom is -0.480 e. The molecule has 1 N–H and O–H groups in total. The van der Waals surface area contributed by atoms with E-state index in [-0.39, 0.29) is 6.54 Å². The monoisotopic (exact) mass is 460 g/mol. The van der Waals surface area contributed by atoms with Crippen LogP contribution in [0.1, 0.15) is 70.4 Å². The molecule has 1 aromatic heterocycles. The van der Waals surface area contributed by atoms with Crippen molar-refractivity contribution in [1.82, 2.24) is 4.98 Å². The van der Waals surface area contributed by atoms with Crippen molar-refractivity contribution >= 4 is 22.7 Å². The Labute approximate surface area is 205 Å². The minimum atomic E-state index is -0.839. The van der Waals surface area contributed by atoms with E-state index in [9.17, 15) is 9.90 Å². The van der Waals surface area contributed by atoms with Crippen molar-refractivity contribution in [3.63, 3.8) is 0 Å². The molecular weight excluding hydrogens is 420 g/mol. The highest BCUT2D eigenvalue weighted by atomic mass is 16.4. The molecule has 4 heteroatoms. The summed E-state index contributed by atoms with van der Waals surface area (Å²) in [5.41, 5.74) is 5.73. The van der Waals surface area contributed by atoms with Gasteiger partial charge in [-0.15, -0.1) is 0 Å². The average Bonchev–Trinajstić information content (AvgIpc) is 2.80. The van der Waals surface area contributed by atoms with Crippen molar-refractivity contribution in [3.8, 4) is 11.1 Å². The molecule has 0 saturated heterocycles. The number of hydrogen-bond acceptors (Lipinski definition) is 3. The van der Waals surface area contributed by atoms with Crippen LogP contribution in [-0.4, -0.2) is 29.1 Å². The Balaban J connectivity index is 1.98. The maximum Gasteiger partial charge on any atom is 0.323 e. The second kappa shape index (κ2) is 12.5. The molecule has 0 radical (unpaired) electrons. The largest absolute Gasteiger partial charge is 0.480 e. The first-order valence-corrected chi connectivity index (χ1v) is 12.8. The third kappa shape index (κ3) is 7.31. The van der Waals surface area contributed by atoms with Gasteiger partial charge in [0.15, 0.2) is 0 Å². The molecule has 0 fully saturated rings. The fourth-order valence-electron chi connectivity index (χ4n) is 4.50. The predicted molar refractivity (Wildman–Crippen MR) is 144 cm³/mol. The summed E-state index contributed by atoms with van der Waals surface area (Å²) >= 11 is 0. The van der Waals surface area contributed by atoms with E-state index in [1.807, 2.05) is 4.90 Å². The van der Waals surface area contributed by atoms with E-state index in [4.69, 9.17) is 4.98 Å². The fourth-order valence-corrected chi connectivity index (χ4v) is 4.50. The van der Waals surface area contributed by atoms with Gasteiger partial charge in [-0.25, -0.2) is 4.98 Å². The molecule has 3 rings (SSSR count). The molecule has 1 heterocycles. The van der Waals surface area contributed by atoms with Gasteiger partial charge in [-0.2, -0.15) is 0 Å². The molecule has 34 heavy (non-hydrogen) atoms. The second-order valence-electron chi connectivity index (χ2n) is 9.93. The van der Waals surface area contributed by atoms with Crippen molar-refractivity contribution in [2.75, 3.05) is 18.0 Å². The molecule has 4 nitrogen and oxygen atoms in total. The zero-order chi connectivity index (χ0) is 24.5. The summed E-state index contributed by atoms with van der Waals surface area (Å²) in [6, 6.07) is 17.2. The number of fused-ring (bicyclic) bond motifs is 1. The van der Waals surface area contributed by atoms with Gasteiger partial charge >= 0.3 is 5.97 Å². The topological polar surface area (TPSA) is 53.4 Å². The molecule has 0 aliphatic carbocycles. The quantitative estimate of drug-likeness (QED) is 0.266. The van der Waals surface area contributed by atoms with Gasteiger partial charge in [-0.3, -0.25) is 4.79 Å². The van der Waals surface area contributed by atoms with Gasteiger partial charge in [-0.1, -0.05) is 88.8 Å². The smallest absolute Gasteiger partial charge is 0.323 e. The lowest BCUT2D eigenvalue weighted by Crippen LogP contribution is -2.33. The third-order valence-electron chi connectivity index (χ3n) is 6.28. The van der Waals surface area contributed by atoms with Gasteiger partial charge in [0.1, 0.15) is 12.4 Å². The van der Waals surface area contributed by atoms with Crippen LogP contribution >= 0.6 is 0 Å². The molecule has 3 aromatic rings. The highest BCUT2D eigenvalue weighted by Gasteiger charge is 2.17. The van der Waals surface area contributed by atoms with Crippen LogP contribution in [0.25, 0.3) is 22.0 Å². The number of carboxylic acids is 1. The Bertz CT molecular complexity index is 1070. The van der Waals surface area contributed by atoms with Gasteiger partial charge in [0.25, 0.3) is 0 Å². The van der Waals surface area contributed by atoms with Crippen LogP contribution in [0.2, 0.25) is 0 Å². The standard InChI is InChI=1S/C30H40N2O2/c1-5-6-7-8-9-10-11-24-14-17-28-27(18-24)26(25-15-12-23(4)13-16-25)19-29(31-28)32(20-22(2)3)21-30(33)34/h12-19,22H,5-11,20-21H2,1-4H3,(H,33,34). The number of pyridine rings is 1. The summed E-state index contributed by atoms with van der Waals surface area (Å²) in [7, 11) is 0. The summed E-state index contributed by atoms with van der Waals surface area (Å²) in [5.74, 6) is 0.218. The average molecular weight is 461 g/mol. The number of aryl methyl sites for hydroxylation is 2. The maximum absolute atomic E-state index is 11.6. The van der Waals surface area contributed by atoms with Crippen LogP contribution in [0, 0.1) is 12.8 Å². The molecule has 0 amide bonds. The van der Waals surface area contributed by atoms with Gasteiger partial charge < -0.3 is 10.0 Å². The Morgan fingerprint density at radius 2 is 1.68 bits per heavy atom. The minimum absolute atomic E-state index is 0.0554. The van der Waals surface area contributed by atoms with E-state index in [1.165, 1.54) is 49.7 Å². The zero-order valence-electron chi connectivity index (χ0n) is 21.3. The van der Waals surface area contributed by atoms with Crippen molar-refractivity contribution in [2.45, 2.75) is 72.6 Å². The van der Waals surface area contributed by atoms with Crippen LogP contribution < -0.4 is 4.90 Å². The molecule has 0 saturated carbocycles. The number of hydrogen-bond donors (Lipinski definition) is 1. The summed E-state index contributed by atoms with van der Waals surface area (Å²) in [5, 5.41) is 10.6. The Morgan fingerprint density at radius 3 is 2.35 bits per heavy atom. The van der Waals surface area contributed by atoms with Crippen LogP contribution in [-0.2, 0) is 11.2 Å². The van der Waals surface area contributed by atoms with Crippen molar-refractivity contribution in [1.29, 1.82) is 0 Å². The SMILES string of the molecule is CCCCCCCCc1ccc2nc(N(CC(=O)O)CC(C)C)cc(-c3ccc(C)cc3)c2c1. The van der Waals surface area contributed by atoms with E-state index in [2.05, 4.69) is 76.2 Å². The van der Waals surface area contributed by atoms with E-state index in [0.717, 1.165) is 34.3 Å². The van der Waals surface area contributed by atoms with Gasteiger partial charge in [0, 0.05) is 11.9 Å². The van der Waals surface area contributed by atoms with Crippen LogP contribution in [0.15, 0.2) is 48.5 Å². The number of aromatic nitrogens is 1. The molecule has 0 spiro atoms. The molecule has 0 atom stereocenters. The highest BCUT2D eigenvalue weighted by molar-refractivity contribution is 5.96. The van der Waals surface area contributed by atoms with E-state index in [0.29, 0.717) is 12.5 Å². The van der Waals surface area contributed by atoms with E-state index in [1.54, 1.807) is 0 Å². The van der Waals surface area contributed by atoms with Crippen LogP contribution in [0.5, 0.6) is 0 Å². The van der Waals surface area contributed by atoms with Gasteiger partial charge in [-0.05, 0) is 60.6 Å². The number of carboxylic acid groups (broad SMARTS) is 1. The van der Waals surface area contributed by atoms with Crippen molar-refractivity contribution in [2.24, 2.45) is 5.92 Å². The number of rotatable bonds is 13. The lowest BCUT2D eigenvalue weighted by Gasteiger charge is -2.25. The first-order valence-electron chi connectivity index (χ1n) is 12.8. The molecule has 2 aromatic carbocycles. The molecule has 0 aliphatic heterocycles. The van der Waals surface area contributed by atoms with E-state index >= 15 is 0 Å². The first-order chi connectivity index (χ1) is 16.4. The number of nitrogens with zero attached hydrogens (tertiary/aromatic N) is 2. The lowest BCUT2D eigenvalue weighted by molar-refractivity contribution is -0.135. The number of carbonyl (C=O) groups is 1. The van der Waals surface area contributed by atoms with E-state index < -0.39 is 5.97 Å². The molecule has 0 bridgehead atoms. The second-order valence-corrected chi connectivity index (χ2v) is 9.93.